The maximum Gasteiger partial charge on any atom is 0.243 e. The molecule has 25 heavy (non-hydrogen) atoms. The summed E-state index contributed by atoms with van der Waals surface area (Å²) in [4.78, 5) is 3.03. The van der Waals surface area contributed by atoms with Crippen LogP contribution in [0, 0.1) is 11.8 Å². The van der Waals surface area contributed by atoms with E-state index in [0.717, 1.165) is 31.7 Å². The second-order valence-corrected chi connectivity index (χ2v) is 9.79. The van der Waals surface area contributed by atoms with Crippen molar-refractivity contribution < 1.29 is 8.42 Å². The highest BCUT2D eigenvalue weighted by molar-refractivity contribution is 7.89. The van der Waals surface area contributed by atoms with Crippen molar-refractivity contribution >= 4 is 10.0 Å². The maximum atomic E-state index is 12.8. The molecule has 1 atom stereocenters. The Morgan fingerprint density at radius 2 is 1.72 bits per heavy atom. The minimum Gasteiger partial charge on any atom is -0.303 e. The second-order valence-electron chi connectivity index (χ2n) is 7.85. The predicted molar refractivity (Wildman–Crippen MR) is 102 cm³/mol. The minimum atomic E-state index is -3.33. The molecule has 0 aliphatic carbocycles. The van der Waals surface area contributed by atoms with Gasteiger partial charge >= 0.3 is 0 Å². The van der Waals surface area contributed by atoms with Crippen LogP contribution in [0.4, 0.5) is 0 Å². The third-order valence-corrected chi connectivity index (χ3v) is 7.71. The molecule has 4 nitrogen and oxygen atoms in total. The van der Waals surface area contributed by atoms with Crippen LogP contribution in [0.2, 0.25) is 0 Å². The first-order chi connectivity index (χ1) is 12.0. The average molecular weight is 365 g/mol. The van der Waals surface area contributed by atoms with Gasteiger partial charge in [0.25, 0.3) is 0 Å². The molecule has 1 aromatic rings. The van der Waals surface area contributed by atoms with E-state index in [4.69, 9.17) is 0 Å². The Hall–Kier alpha value is -0.910. The van der Waals surface area contributed by atoms with E-state index in [0.29, 0.717) is 23.9 Å². The van der Waals surface area contributed by atoms with Gasteiger partial charge in [-0.15, -0.1) is 0 Å². The van der Waals surface area contributed by atoms with Crippen molar-refractivity contribution in [3.63, 3.8) is 0 Å². The van der Waals surface area contributed by atoms with Crippen LogP contribution in [0.1, 0.15) is 45.1 Å². The molecule has 1 aromatic carbocycles. The number of sulfonamides is 1. The highest BCUT2D eigenvalue weighted by Gasteiger charge is 2.30. The van der Waals surface area contributed by atoms with E-state index >= 15 is 0 Å². The molecule has 0 unspecified atom stereocenters. The molecule has 2 aliphatic heterocycles. The van der Waals surface area contributed by atoms with Crippen LogP contribution >= 0.6 is 0 Å². The van der Waals surface area contributed by atoms with Crippen molar-refractivity contribution in [3.8, 4) is 0 Å². The summed E-state index contributed by atoms with van der Waals surface area (Å²) in [5.41, 5.74) is 1.17. The summed E-state index contributed by atoms with van der Waals surface area (Å²) < 4.78 is 27.4. The van der Waals surface area contributed by atoms with E-state index in [1.54, 1.807) is 16.4 Å². The van der Waals surface area contributed by atoms with Crippen molar-refractivity contribution in [1.82, 2.24) is 9.21 Å². The Balaban J connectivity index is 1.55. The molecule has 2 heterocycles. The lowest BCUT2D eigenvalue weighted by Crippen LogP contribution is -2.43. The van der Waals surface area contributed by atoms with Crippen LogP contribution in [0.15, 0.2) is 29.2 Å². The number of hydrogen-bond donors (Lipinski definition) is 0. The first kappa shape index (κ1) is 18.9. The molecule has 140 valence electrons. The largest absolute Gasteiger partial charge is 0.303 e. The zero-order valence-electron chi connectivity index (χ0n) is 15.7. The highest BCUT2D eigenvalue weighted by atomic mass is 32.2. The molecular formula is C20H32N2O2S. The van der Waals surface area contributed by atoms with Crippen molar-refractivity contribution in [2.24, 2.45) is 11.8 Å². The number of nitrogens with zero attached hydrogens (tertiary/aromatic N) is 2. The molecule has 0 N–H and O–H groups in total. The summed E-state index contributed by atoms with van der Waals surface area (Å²) in [6, 6.07) is 7.37. The molecule has 0 spiro atoms. The van der Waals surface area contributed by atoms with Crippen molar-refractivity contribution in [2.75, 3.05) is 32.7 Å². The standard InChI is InChI=1S/C20H32N2O2S/c1-3-18-6-8-20(9-7-18)25(23,24)22-13-10-19(11-14-22)16-21-12-4-5-17(2)15-21/h6-9,17,19H,3-5,10-16H2,1-2H3/t17-/m1/s1. The van der Waals surface area contributed by atoms with Gasteiger partial charge in [-0.3, -0.25) is 0 Å². The summed E-state index contributed by atoms with van der Waals surface area (Å²) in [6.07, 6.45) is 5.56. The Kier molecular flexibility index (Phi) is 6.18. The van der Waals surface area contributed by atoms with Gasteiger partial charge < -0.3 is 4.90 Å². The monoisotopic (exact) mass is 364 g/mol. The molecule has 5 heteroatoms. The molecular weight excluding hydrogens is 332 g/mol. The topological polar surface area (TPSA) is 40.6 Å². The summed E-state index contributed by atoms with van der Waals surface area (Å²) in [5.74, 6) is 1.44. The zero-order valence-corrected chi connectivity index (χ0v) is 16.5. The van der Waals surface area contributed by atoms with E-state index in [9.17, 15) is 8.42 Å². The quantitative estimate of drug-likeness (QED) is 0.804. The van der Waals surface area contributed by atoms with Gasteiger partial charge in [-0.25, -0.2) is 8.42 Å². The summed E-state index contributed by atoms with van der Waals surface area (Å²) in [7, 11) is -3.33. The molecule has 0 saturated carbocycles. The van der Waals surface area contributed by atoms with Gasteiger partial charge in [-0.05, 0) is 68.2 Å². The number of hydrogen-bond acceptors (Lipinski definition) is 3. The van der Waals surface area contributed by atoms with Crippen LogP contribution in [-0.2, 0) is 16.4 Å². The van der Waals surface area contributed by atoms with E-state index in [-0.39, 0.29) is 0 Å². The Morgan fingerprint density at radius 3 is 2.32 bits per heavy atom. The molecule has 0 bridgehead atoms. The van der Waals surface area contributed by atoms with Gasteiger partial charge in [-0.1, -0.05) is 26.0 Å². The lowest BCUT2D eigenvalue weighted by Gasteiger charge is -2.37. The SMILES string of the molecule is CCc1ccc(S(=O)(=O)N2CCC(CN3CCC[C@@H](C)C3)CC2)cc1. The predicted octanol–water partition coefficient (Wildman–Crippen LogP) is 3.38. The summed E-state index contributed by atoms with van der Waals surface area (Å²) in [6.45, 7) is 9.30. The molecule has 2 saturated heterocycles. The minimum absolute atomic E-state index is 0.438. The van der Waals surface area contributed by atoms with E-state index in [1.165, 1.54) is 31.5 Å². The third-order valence-electron chi connectivity index (χ3n) is 5.80. The van der Waals surface area contributed by atoms with Crippen molar-refractivity contribution in [1.29, 1.82) is 0 Å². The molecule has 2 fully saturated rings. The highest BCUT2D eigenvalue weighted by Crippen LogP contribution is 2.26. The Bertz CT molecular complexity index is 649. The third kappa shape index (κ3) is 4.63. The first-order valence-electron chi connectivity index (χ1n) is 9.80. The van der Waals surface area contributed by atoms with Crippen molar-refractivity contribution in [2.45, 2.75) is 50.8 Å². The van der Waals surface area contributed by atoms with Crippen molar-refractivity contribution in [3.05, 3.63) is 29.8 Å². The van der Waals surface area contributed by atoms with Crippen LogP contribution in [0.5, 0.6) is 0 Å². The first-order valence-corrected chi connectivity index (χ1v) is 11.2. The van der Waals surface area contributed by atoms with E-state index in [1.807, 2.05) is 12.1 Å². The molecule has 2 aliphatic rings. The number of benzene rings is 1. The van der Waals surface area contributed by atoms with Gasteiger partial charge in [0.05, 0.1) is 4.90 Å². The molecule has 0 amide bonds. The van der Waals surface area contributed by atoms with Gasteiger partial charge in [0.1, 0.15) is 0 Å². The number of likely N-dealkylation sites (tertiary alicyclic amines) is 1. The fourth-order valence-electron chi connectivity index (χ4n) is 4.20. The van der Waals surface area contributed by atoms with Crippen LogP contribution < -0.4 is 0 Å². The Labute approximate surface area is 153 Å². The summed E-state index contributed by atoms with van der Waals surface area (Å²) >= 11 is 0. The van der Waals surface area contributed by atoms with Gasteiger partial charge in [0.2, 0.25) is 10.0 Å². The lowest BCUT2D eigenvalue weighted by atomic mass is 9.94. The zero-order chi connectivity index (χ0) is 17.9. The lowest BCUT2D eigenvalue weighted by molar-refractivity contribution is 0.136. The van der Waals surface area contributed by atoms with E-state index in [2.05, 4.69) is 18.7 Å². The number of piperidine rings is 2. The molecule has 0 radical (unpaired) electrons. The normalized spacial score (nSPS) is 24.5. The van der Waals surface area contributed by atoms with E-state index < -0.39 is 10.0 Å². The number of aryl methyl sites for hydroxylation is 1. The Morgan fingerprint density at radius 1 is 1.04 bits per heavy atom. The van der Waals surface area contributed by atoms with Crippen LogP contribution in [-0.4, -0.2) is 50.3 Å². The van der Waals surface area contributed by atoms with Crippen LogP contribution in [0.3, 0.4) is 0 Å². The van der Waals surface area contributed by atoms with Gasteiger partial charge in [0.15, 0.2) is 0 Å². The van der Waals surface area contributed by atoms with Crippen LogP contribution in [0.25, 0.3) is 0 Å². The van der Waals surface area contributed by atoms with Gasteiger partial charge in [0, 0.05) is 26.2 Å². The van der Waals surface area contributed by atoms with Gasteiger partial charge in [-0.2, -0.15) is 4.31 Å². The maximum absolute atomic E-state index is 12.8. The molecule has 0 aromatic heterocycles. The fraction of sp³-hybridized carbons (Fsp3) is 0.700. The summed E-state index contributed by atoms with van der Waals surface area (Å²) in [5, 5.41) is 0. The number of rotatable bonds is 5. The fourth-order valence-corrected chi connectivity index (χ4v) is 5.67. The molecule has 3 rings (SSSR count). The average Bonchev–Trinajstić information content (AvgIpc) is 2.62. The smallest absolute Gasteiger partial charge is 0.243 e. The second kappa shape index (κ2) is 8.19.